The van der Waals surface area contributed by atoms with Crippen LogP contribution < -0.4 is 10.6 Å². The molecular weight excluding hydrogens is 334 g/mol. The van der Waals surface area contributed by atoms with Gasteiger partial charge in [-0.3, -0.25) is 0 Å². The normalized spacial score (nSPS) is 10.5. The minimum atomic E-state index is -0.269. The molecule has 0 unspecified atom stereocenters. The first-order valence-corrected chi connectivity index (χ1v) is 8.21. The highest BCUT2D eigenvalue weighted by Crippen LogP contribution is 2.15. The Labute approximate surface area is 142 Å². The molecule has 0 aliphatic rings. The standard InChI is InChI=1S/C15H14ClN5OS/c16-11-3-1-4-12(9-11)19-14(22)17-7-5-13-10-23-15(20-13)21-8-2-6-18-21/h1-4,6,8-10H,5,7H2,(H2,17,19,22). The molecule has 0 aliphatic heterocycles. The smallest absolute Gasteiger partial charge is 0.319 e. The zero-order chi connectivity index (χ0) is 16.1. The van der Waals surface area contributed by atoms with Crippen molar-refractivity contribution in [2.45, 2.75) is 6.42 Å². The number of nitrogens with zero attached hydrogens (tertiary/aromatic N) is 3. The number of aromatic nitrogens is 3. The summed E-state index contributed by atoms with van der Waals surface area (Å²) >= 11 is 7.39. The third-order valence-corrected chi connectivity index (χ3v) is 4.10. The lowest BCUT2D eigenvalue weighted by Gasteiger charge is -2.07. The molecule has 8 heteroatoms. The molecular formula is C15H14ClN5OS. The van der Waals surface area contributed by atoms with Gasteiger partial charge in [-0.2, -0.15) is 5.10 Å². The Morgan fingerprint density at radius 2 is 2.26 bits per heavy atom. The van der Waals surface area contributed by atoms with E-state index in [4.69, 9.17) is 11.6 Å². The van der Waals surface area contributed by atoms with Crippen LogP contribution in [0.3, 0.4) is 0 Å². The first kappa shape index (κ1) is 15.5. The van der Waals surface area contributed by atoms with Crippen LogP contribution in [0.1, 0.15) is 5.69 Å². The molecule has 3 rings (SSSR count). The Morgan fingerprint density at radius 3 is 3.04 bits per heavy atom. The lowest BCUT2D eigenvalue weighted by Crippen LogP contribution is -2.30. The van der Waals surface area contributed by atoms with Gasteiger partial charge in [-0.1, -0.05) is 17.7 Å². The highest BCUT2D eigenvalue weighted by Gasteiger charge is 2.06. The maximum Gasteiger partial charge on any atom is 0.319 e. The fourth-order valence-electron chi connectivity index (χ4n) is 1.94. The molecule has 0 bridgehead atoms. The zero-order valence-corrected chi connectivity index (χ0v) is 13.6. The van der Waals surface area contributed by atoms with Gasteiger partial charge in [0, 0.05) is 41.4 Å². The van der Waals surface area contributed by atoms with Crippen molar-refractivity contribution in [3.05, 3.63) is 58.8 Å². The summed E-state index contributed by atoms with van der Waals surface area (Å²) in [4.78, 5) is 16.3. The Kier molecular flexibility index (Phi) is 4.89. The van der Waals surface area contributed by atoms with Crippen LogP contribution in [-0.4, -0.2) is 27.3 Å². The minimum absolute atomic E-state index is 0.269. The average molecular weight is 348 g/mol. The van der Waals surface area contributed by atoms with E-state index in [1.54, 1.807) is 35.1 Å². The van der Waals surface area contributed by atoms with Crippen molar-refractivity contribution in [3.63, 3.8) is 0 Å². The number of carbonyl (C=O) groups is 1. The molecule has 0 atom stereocenters. The number of hydrogen-bond donors (Lipinski definition) is 2. The fraction of sp³-hybridized carbons (Fsp3) is 0.133. The van der Waals surface area contributed by atoms with Gasteiger partial charge in [-0.15, -0.1) is 11.3 Å². The maximum absolute atomic E-state index is 11.8. The predicted molar refractivity (Wildman–Crippen MR) is 91.4 cm³/mol. The molecule has 0 fully saturated rings. The zero-order valence-electron chi connectivity index (χ0n) is 12.1. The van der Waals surface area contributed by atoms with Crippen molar-refractivity contribution in [2.24, 2.45) is 0 Å². The largest absolute Gasteiger partial charge is 0.337 e. The molecule has 0 saturated heterocycles. The molecule has 0 saturated carbocycles. The second-order valence-electron chi connectivity index (χ2n) is 4.71. The Morgan fingerprint density at radius 1 is 1.35 bits per heavy atom. The molecule has 2 amide bonds. The highest BCUT2D eigenvalue weighted by molar-refractivity contribution is 7.12. The van der Waals surface area contributed by atoms with Crippen LogP contribution >= 0.6 is 22.9 Å². The number of hydrogen-bond acceptors (Lipinski definition) is 4. The summed E-state index contributed by atoms with van der Waals surface area (Å²) in [7, 11) is 0. The molecule has 23 heavy (non-hydrogen) atoms. The molecule has 6 nitrogen and oxygen atoms in total. The molecule has 1 aromatic carbocycles. The number of thiazole rings is 1. The number of carbonyl (C=O) groups excluding carboxylic acids is 1. The molecule has 2 N–H and O–H groups in total. The van der Waals surface area contributed by atoms with Gasteiger partial charge in [0.15, 0.2) is 0 Å². The first-order chi connectivity index (χ1) is 11.2. The minimum Gasteiger partial charge on any atom is -0.337 e. The monoisotopic (exact) mass is 347 g/mol. The fourth-order valence-corrected chi connectivity index (χ4v) is 2.93. The van der Waals surface area contributed by atoms with Crippen molar-refractivity contribution >= 4 is 34.7 Å². The molecule has 118 valence electrons. The van der Waals surface area contributed by atoms with E-state index in [0.717, 1.165) is 10.8 Å². The predicted octanol–water partition coefficient (Wildman–Crippen LogP) is 3.35. The van der Waals surface area contributed by atoms with E-state index in [0.29, 0.717) is 23.7 Å². The van der Waals surface area contributed by atoms with Crippen LogP contribution in [0.4, 0.5) is 10.5 Å². The van der Waals surface area contributed by atoms with Crippen molar-refractivity contribution in [1.29, 1.82) is 0 Å². The summed E-state index contributed by atoms with van der Waals surface area (Å²) in [5.74, 6) is 0. The third-order valence-electron chi connectivity index (χ3n) is 2.99. The molecule has 0 aliphatic carbocycles. The summed E-state index contributed by atoms with van der Waals surface area (Å²) in [6.07, 6.45) is 4.21. The van der Waals surface area contributed by atoms with E-state index in [-0.39, 0.29) is 6.03 Å². The first-order valence-electron chi connectivity index (χ1n) is 6.95. The average Bonchev–Trinajstić information content (AvgIpc) is 3.18. The maximum atomic E-state index is 11.8. The number of urea groups is 1. The second-order valence-corrected chi connectivity index (χ2v) is 5.99. The Balaban J connectivity index is 1.47. The van der Waals surface area contributed by atoms with E-state index >= 15 is 0 Å². The van der Waals surface area contributed by atoms with Crippen LogP contribution in [0, 0.1) is 0 Å². The van der Waals surface area contributed by atoms with E-state index in [9.17, 15) is 4.79 Å². The molecule has 2 heterocycles. The van der Waals surface area contributed by atoms with Crippen LogP contribution in [0.2, 0.25) is 5.02 Å². The van der Waals surface area contributed by atoms with Crippen LogP contribution in [0.5, 0.6) is 0 Å². The Bertz CT molecular complexity index is 787. The highest BCUT2D eigenvalue weighted by atomic mass is 35.5. The number of amides is 2. The number of nitrogens with one attached hydrogen (secondary N) is 2. The van der Waals surface area contributed by atoms with Gasteiger partial charge in [-0.05, 0) is 24.3 Å². The lowest BCUT2D eigenvalue weighted by atomic mass is 10.3. The molecule has 2 aromatic heterocycles. The van der Waals surface area contributed by atoms with Crippen LogP contribution in [0.25, 0.3) is 5.13 Å². The molecule has 0 radical (unpaired) electrons. The Hall–Kier alpha value is -2.38. The van der Waals surface area contributed by atoms with Crippen molar-refractivity contribution in [2.75, 3.05) is 11.9 Å². The lowest BCUT2D eigenvalue weighted by molar-refractivity contribution is 0.252. The third kappa shape index (κ3) is 4.30. The number of anilines is 1. The molecule has 0 spiro atoms. The SMILES string of the molecule is O=C(NCCc1csc(-n2cccn2)n1)Nc1cccc(Cl)c1. The van der Waals surface area contributed by atoms with E-state index in [2.05, 4.69) is 20.7 Å². The van der Waals surface area contributed by atoms with Crippen LogP contribution in [-0.2, 0) is 6.42 Å². The summed E-state index contributed by atoms with van der Waals surface area (Å²) in [6.45, 7) is 0.495. The number of halogens is 1. The topological polar surface area (TPSA) is 71.8 Å². The van der Waals surface area contributed by atoms with Crippen molar-refractivity contribution in [1.82, 2.24) is 20.1 Å². The van der Waals surface area contributed by atoms with Gasteiger partial charge in [0.25, 0.3) is 0 Å². The van der Waals surface area contributed by atoms with Crippen molar-refractivity contribution < 1.29 is 4.79 Å². The second kappa shape index (κ2) is 7.26. The summed E-state index contributed by atoms with van der Waals surface area (Å²) in [6, 6.07) is 8.59. The van der Waals surface area contributed by atoms with Crippen LogP contribution in [0.15, 0.2) is 48.1 Å². The van der Waals surface area contributed by atoms with Gasteiger partial charge >= 0.3 is 6.03 Å². The quantitative estimate of drug-likeness (QED) is 0.743. The van der Waals surface area contributed by atoms with E-state index in [1.807, 2.05) is 17.6 Å². The van der Waals surface area contributed by atoms with Gasteiger partial charge in [0.05, 0.1) is 5.69 Å². The number of rotatable bonds is 5. The van der Waals surface area contributed by atoms with Crippen molar-refractivity contribution in [3.8, 4) is 5.13 Å². The van der Waals surface area contributed by atoms with Gasteiger partial charge < -0.3 is 10.6 Å². The van der Waals surface area contributed by atoms with Gasteiger partial charge in [-0.25, -0.2) is 14.5 Å². The number of benzene rings is 1. The van der Waals surface area contributed by atoms with E-state index < -0.39 is 0 Å². The van der Waals surface area contributed by atoms with Gasteiger partial charge in [0.2, 0.25) is 5.13 Å². The summed E-state index contributed by atoms with van der Waals surface area (Å²) in [5, 5.41) is 13.0. The molecule has 3 aromatic rings. The van der Waals surface area contributed by atoms with E-state index in [1.165, 1.54) is 11.3 Å². The summed E-state index contributed by atoms with van der Waals surface area (Å²) in [5.41, 5.74) is 1.58. The summed E-state index contributed by atoms with van der Waals surface area (Å²) < 4.78 is 1.72. The van der Waals surface area contributed by atoms with Gasteiger partial charge in [0.1, 0.15) is 0 Å².